The van der Waals surface area contributed by atoms with E-state index in [-0.39, 0.29) is 5.91 Å². The van der Waals surface area contributed by atoms with Crippen molar-refractivity contribution in [1.29, 1.82) is 0 Å². The van der Waals surface area contributed by atoms with Crippen LogP contribution in [0.25, 0.3) is 0 Å². The summed E-state index contributed by atoms with van der Waals surface area (Å²) in [6.07, 6.45) is 0. The van der Waals surface area contributed by atoms with Gasteiger partial charge in [-0.15, -0.1) is 0 Å². The van der Waals surface area contributed by atoms with E-state index in [1.54, 1.807) is 17.0 Å². The first-order valence-corrected chi connectivity index (χ1v) is 12.9. The molecular weight excluding hydrogens is 527 g/mol. The summed E-state index contributed by atoms with van der Waals surface area (Å²) in [5.74, 6) is 1.19. The topological polar surface area (TPSA) is 74.0 Å². The zero-order chi connectivity index (χ0) is 21.8. The molecule has 0 fully saturated rings. The Kier molecular flexibility index (Phi) is 6.77. The fourth-order valence-electron chi connectivity index (χ4n) is 3.62. The smallest absolute Gasteiger partial charge is 0.262 e. The van der Waals surface area contributed by atoms with Crippen LogP contribution in [0.3, 0.4) is 0 Å². The van der Waals surface area contributed by atoms with Crippen LogP contribution in [0.15, 0.2) is 60.7 Å². The molecule has 1 amide bonds. The monoisotopic (exact) mass is 548 g/mol. The maximum absolute atomic E-state index is 13.6. The number of nitrogens with two attached hydrogens (primary N) is 1. The Bertz CT molecular complexity index is 1090. The number of nitrogen functional groups attached to an aromatic ring is 1. The summed E-state index contributed by atoms with van der Waals surface area (Å²) in [6.45, 7) is 1.25. The zero-order valence-corrected chi connectivity index (χ0v) is 19.8. The molecule has 0 spiro atoms. The summed E-state index contributed by atoms with van der Waals surface area (Å²) in [7, 11) is 2.71. The van der Waals surface area contributed by atoms with Crippen molar-refractivity contribution in [2.24, 2.45) is 0 Å². The van der Waals surface area contributed by atoms with Crippen LogP contribution in [0.1, 0.15) is 27.0 Å². The van der Waals surface area contributed by atoms with Crippen LogP contribution in [-0.2, 0) is 19.7 Å². The minimum Gasteiger partial charge on any atom is -0.496 e. The number of benzene rings is 3. The maximum Gasteiger partial charge on any atom is 0.262 e. The Labute approximate surface area is 197 Å². The van der Waals surface area contributed by atoms with Gasteiger partial charge in [-0.25, -0.2) is 0 Å². The number of hydrogen-bond acceptors (Lipinski definition) is 6. The van der Waals surface area contributed by atoms with Crippen LogP contribution in [0.2, 0.25) is 0 Å². The lowest BCUT2D eigenvalue weighted by atomic mass is 10.1. The highest BCUT2D eigenvalue weighted by Crippen LogP contribution is 2.39. The molecule has 1 heterocycles. The van der Waals surface area contributed by atoms with Gasteiger partial charge in [0.1, 0.15) is 38.6 Å². The van der Waals surface area contributed by atoms with Crippen molar-refractivity contribution in [3.63, 3.8) is 0 Å². The molecule has 160 valence electrons. The minimum atomic E-state index is -0.177. The van der Waals surface area contributed by atoms with E-state index >= 15 is 0 Å². The lowest BCUT2D eigenvalue weighted by Gasteiger charge is -2.21. The van der Waals surface area contributed by atoms with Gasteiger partial charge < -0.3 is 24.3 Å². The number of methoxy groups -OCH3 is 1. The lowest BCUT2D eigenvalue weighted by molar-refractivity contribution is 0.0743. The molecule has 0 saturated carbocycles. The molecular formula is C23H21IN2O4S. The second-order valence-corrected chi connectivity index (χ2v) is 8.44. The van der Waals surface area contributed by atoms with Gasteiger partial charge in [-0.1, -0.05) is 42.5 Å². The van der Waals surface area contributed by atoms with E-state index in [1.165, 1.54) is 16.3 Å². The number of nitrogens with zero attached hydrogens (tertiary/aromatic N) is 1. The Morgan fingerprint density at radius 2 is 1.87 bits per heavy atom. The van der Waals surface area contributed by atoms with Crippen molar-refractivity contribution in [2.75, 3.05) is 12.8 Å². The third-order valence-corrected chi connectivity index (χ3v) is 5.94. The largest absolute Gasteiger partial charge is 0.496 e. The van der Waals surface area contributed by atoms with Crippen LogP contribution >= 0.6 is 30.4 Å². The van der Waals surface area contributed by atoms with Gasteiger partial charge in [0.25, 0.3) is 5.91 Å². The highest BCUT2D eigenvalue weighted by Gasteiger charge is 2.30. The van der Waals surface area contributed by atoms with Crippen LogP contribution in [-0.4, -0.2) is 17.9 Å². The Hall–Kier alpha value is -2.59. The molecule has 6 nitrogen and oxygen atoms in total. The average Bonchev–Trinajstić information content (AvgIpc) is 3.23. The van der Waals surface area contributed by atoms with Gasteiger partial charge in [-0.05, 0) is 22.8 Å². The summed E-state index contributed by atoms with van der Waals surface area (Å²) >= 11 is 2.04. The number of carbonyl (C=O) groups is 1. The third kappa shape index (κ3) is 4.69. The van der Waals surface area contributed by atoms with Crippen LogP contribution in [0.5, 0.6) is 17.2 Å². The Balaban J connectivity index is 1.67. The quantitative estimate of drug-likeness (QED) is 0.243. The summed E-state index contributed by atoms with van der Waals surface area (Å²) < 4.78 is 17.2. The molecule has 1 aliphatic rings. The molecule has 2 N–H and O–H groups in total. The second kappa shape index (κ2) is 9.69. The summed E-state index contributed by atoms with van der Waals surface area (Å²) in [4.78, 5) is 15.3. The first-order valence-electron chi connectivity index (χ1n) is 9.60. The van der Waals surface area contributed by atoms with E-state index in [0.717, 1.165) is 16.7 Å². The molecule has 4 rings (SSSR count). The molecule has 1 aliphatic heterocycles. The fourth-order valence-corrected chi connectivity index (χ4v) is 4.41. The zero-order valence-electron chi connectivity index (χ0n) is 16.8. The number of anilines is 1. The fraction of sp³-hybridized carbons (Fsp3) is 0.174. The van der Waals surface area contributed by atoms with E-state index in [9.17, 15) is 4.79 Å². The maximum atomic E-state index is 13.6. The molecule has 0 atom stereocenters. The van der Waals surface area contributed by atoms with Crippen molar-refractivity contribution in [3.8, 4) is 17.2 Å². The number of rotatable bonds is 7. The van der Waals surface area contributed by atoms with Crippen molar-refractivity contribution in [2.45, 2.75) is 19.7 Å². The highest BCUT2D eigenvalue weighted by molar-refractivity contribution is 14.2. The molecule has 0 aromatic heterocycles. The van der Waals surface area contributed by atoms with Gasteiger partial charge >= 0.3 is 0 Å². The molecule has 0 aliphatic carbocycles. The van der Waals surface area contributed by atoms with E-state index in [1.807, 2.05) is 69.7 Å². The van der Waals surface area contributed by atoms with Gasteiger partial charge in [0.05, 0.1) is 7.11 Å². The van der Waals surface area contributed by atoms with Crippen LogP contribution in [0, 0.1) is 0 Å². The Morgan fingerprint density at radius 3 is 2.58 bits per heavy atom. The number of halogens is 1. The summed E-state index contributed by atoms with van der Waals surface area (Å²) in [5.41, 5.74) is 10.2. The van der Waals surface area contributed by atoms with E-state index < -0.39 is 0 Å². The molecule has 3 aromatic carbocycles. The first-order chi connectivity index (χ1) is 15.1. The predicted molar refractivity (Wildman–Crippen MR) is 130 cm³/mol. The molecule has 31 heavy (non-hydrogen) atoms. The summed E-state index contributed by atoms with van der Waals surface area (Å²) in [6, 6.07) is 19.0. The van der Waals surface area contributed by atoms with Gasteiger partial charge in [-0.2, -0.15) is 0 Å². The third-order valence-electron chi connectivity index (χ3n) is 5.14. The van der Waals surface area contributed by atoms with E-state index in [0.29, 0.717) is 48.2 Å². The number of carbonyl (C=O) groups excluding carboxylic acids is 1. The number of fused-ring (bicyclic) bond motifs is 1. The molecule has 3 aromatic rings. The Morgan fingerprint density at radius 1 is 1.10 bits per heavy atom. The van der Waals surface area contributed by atoms with Gasteiger partial charge in [0.15, 0.2) is 0 Å². The van der Waals surface area contributed by atoms with Crippen LogP contribution < -0.4 is 19.4 Å². The number of hydrogen-bond donors (Lipinski definition) is 1. The normalized spacial score (nSPS) is 12.4. The SMILES string of the molecule is COc1cc(OSI)cc(OCc2ccccc2)c1C(=O)N1Cc2cccc(N)c2C1. The van der Waals surface area contributed by atoms with Crippen molar-refractivity contribution in [3.05, 3.63) is 82.9 Å². The second-order valence-electron chi connectivity index (χ2n) is 7.07. The molecule has 0 saturated heterocycles. The molecule has 0 radical (unpaired) electrons. The van der Waals surface area contributed by atoms with E-state index in [4.69, 9.17) is 19.4 Å². The van der Waals surface area contributed by atoms with Gasteiger partial charge in [0.2, 0.25) is 0 Å². The number of ether oxygens (including phenoxy) is 2. The van der Waals surface area contributed by atoms with Crippen molar-refractivity contribution >= 4 is 42.0 Å². The molecule has 0 bridgehead atoms. The highest BCUT2D eigenvalue weighted by atomic mass is 127. The van der Waals surface area contributed by atoms with Gasteiger partial charge in [-0.3, -0.25) is 4.79 Å². The van der Waals surface area contributed by atoms with Crippen molar-refractivity contribution < 1.29 is 18.5 Å². The number of amides is 1. The molecule has 0 unspecified atom stereocenters. The van der Waals surface area contributed by atoms with Crippen LogP contribution in [0.4, 0.5) is 5.69 Å². The minimum absolute atomic E-state index is 0.177. The molecule has 8 heteroatoms. The first kappa shape index (κ1) is 21.6. The van der Waals surface area contributed by atoms with Gasteiger partial charge in [0, 0.05) is 52.1 Å². The van der Waals surface area contributed by atoms with E-state index in [2.05, 4.69) is 0 Å². The lowest BCUT2D eigenvalue weighted by Crippen LogP contribution is -2.26. The average molecular weight is 548 g/mol. The standard InChI is InChI=1S/C23H21IN2O4S/c1-28-20-10-17(30-31-24)11-21(29-14-15-6-3-2-4-7-15)22(20)23(27)26-12-16-8-5-9-19(25)18(16)13-26/h2-11H,12-14,25H2,1H3. The summed E-state index contributed by atoms with van der Waals surface area (Å²) in [5, 5.41) is 0. The predicted octanol–water partition coefficient (Wildman–Crippen LogP) is 5.39. The van der Waals surface area contributed by atoms with Crippen molar-refractivity contribution in [1.82, 2.24) is 4.90 Å².